The Kier molecular flexibility index (Phi) is 6.04. The van der Waals surface area contributed by atoms with Gasteiger partial charge in [0.2, 0.25) is 0 Å². The van der Waals surface area contributed by atoms with Gasteiger partial charge < -0.3 is 4.98 Å². The van der Waals surface area contributed by atoms with Crippen molar-refractivity contribution in [1.29, 1.82) is 0 Å². The van der Waals surface area contributed by atoms with E-state index in [9.17, 15) is 4.39 Å². The molecule has 0 saturated carbocycles. The van der Waals surface area contributed by atoms with E-state index in [0.29, 0.717) is 0 Å². The molecule has 1 rings (SSSR count). The molecular weight excluding hydrogens is 250 g/mol. The van der Waals surface area contributed by atoms with Crippen molar-refractivity contribution in [3.05, 3.63) is 29.8 Å². The molecule has 0 spiro atoms. The van der Waals surface area contributed by atoms with Crippen molar-refractivity contribution in [2.45, 2.75) is 6.92 Å². The molecule has 0 radical (unpaired) electrons. The fraction of sp³-hybridized carbons (Fsp3) is 0.167. The number of nitrogens with zero attached hydrogens (tertiary/aromatic N) is 1. The summed E-state index contributed by atoms with van der Waals surface area (Å²) in [4.78, 5) is 3.48. The zero-order chi connectivity index (χ0) is 7.98. The van der Waals surface area contributed by atoms with E-state index >= 15 is 0 Å². The van der Waals surface area contributed by atoms with Crippen LogP contribution in [-0.2, 0) is 16.3 Å². The molecule has 50 valence electrons. The first kappa shape index (κ1) is 10.2. The predicted octanol–water partition coefficient (Wildman–Crippen LogP) is 2.17. The maximum absolute atomic E-state index is 12.1. The number of hydrogen-bond donors (Lipinski definition) is 0. The van der Waals surface area contributed by atoms with Crippen LogP contribution in [0.3, 0.4) is 0 Å². The molecule has 1 aromatic rings. The Morgan fingerprint density at radius 2 is 2.30 bits per heavy atom. The number of aromatic nitrogens is 1. The van der Waals surface area contributed by atoms with E-state index in [4.69, 9.17) is 0 Å². The molecule has 0 aliphatic rings. The third-order valence-electron chi connectivity index (χ3n) is 0.783. The summed E-state index contributed by atoms with van der Waals surface area (Å²) < 4.78 is 12.1. The van der Waals surface area contributed by atoms with Gasteiger partial charge in [-0.2, -0.15) is 0 Å². The van der Waals surface area contributed by atoms with Crippen LogP contribution >= 0.6 is 13.6 Å². The van der Waals surface area contributed by atoms with Crippen LogP contribution in [0.5, 0.6) is 0 Å². The first-order chi connectivity index (χ1) is 4.79. The summed E-state index contributed by atoms with van der Waals surface area (Å²) in [5, 5.41) is 0. The molecule has 4 heteroatoms. The van der Waals surface area contributed by atoms with Crippen LogP contribution < -0.4 is 0 Å². The summed E-state index contributed by atoms with van der Waals surface area (Å²) in [6.45, 7) is 1.75. The van der Waals surface area contributed by atoms with Gasteiger partial charge in [-0.05, 0) is 0 Å². The van der Waals surface area contributed by atoms with E-state index in [1.807, 2.05) is 0 Å². The number of pyridine rings is 1. The average molecular weight is 255 g/mol. The number of rotatable bonds is 0. The van der Waals surface area contributed by atoms with Crippen molar-refractivity contribution in [3.8, 4) is 0 Å². The third-order valence-corrected chi connectivity index (χ3v) is 0.783. The van der Waals surface area contributed by atoms with Gasteiger partial charge in [0.1, 0.15) is 0 Å². The van der Waals surface area contributed by atoms with Gasteiger partial charge >= 0.3 is 30.0 Å². The second-order valence-corrected chi connectivity index (χ2v) is 1.58. The molecule has 0 unspecified atom stereocenters. The minimum atomic E-state index is -0.304. The molecule has 10 heavy (non-hydrogen) atoms. The van der Waals surface area contributed by atoms with E-state index in [0.717, 1.165) is 11.8 Å². The van der Waals surface area contributed by atoms with Gasteiger partial charge in [-0.1, -0.05) is 19.3 Å². The summed E-state index contributed by atoms with van der Waals surface area (Å²) in [6, 6.07) is 1.38. The Morgan fingerprint density at radius 3 is 2.60 bits per heavy atom. The van der Waals surface area contributed by atoms with Gasteiger partial charge in [0, 0.05) is 5.82 Å². The maximum atomic E-state index is 12.1. The van der Waals surface area contributed by atoms with Crippen LogP contribution in [0.15, 0.2) is 12.3 Å². The molecule has 1 aromatic heterocycles. The van der Waals surface area contributed by atoms with E-state index in [2.05, 4.69) is 24.8 Å². The van der Waals surface area contributed by atoms with Gasteiger partial charge in [0.25, 0.3) is 0 Å². The van der Waals surface area contributed by atoms with Crippen molar-refractivity contribution in [1.82, 2.24) is 4.98 Å². The Morgan fingerprint density at radius 1 is 1.70 bits per heavy atom. The first-order valence-corrected chi connectivity index (χ1v) is 9.50. The van der Waals surface area contributed by atoms with Gasteiger partial charge in [-0.15, -0.1) is 11.6 Å². The summed E-state index contributed by atoms with van der Waals surface area (Å²) in [6.07, 6.45) is 3.71. The van der Waals surface area contributed by atoms with Crippen molar-refractivity contribution in [2.75, 3.05) is 0 Å². The molecule has 1 heterocycles. The SMILES string of the molecule is Cc1[c-]ncc(F)c1.[Zn+][Br]. The van der Waals surface area contributed by atoms with E-state index in [1.54, 1.807) is 6.92 Å². The Balaban J connectivity index is 0.000000371. The third kappa shape index (κ3) is 4.07. The molecule has 1 nitrogen and oxygen atoms in total. The Labute approximate surface area is 76.1 Å². The quantitative estimate of drug-likeness (QED) is 0.511. The fourth-order valence-corrected chi connectivity index (χ4v) is 0.472. The van der Waals surface area contributed by atoms with E-state index in [-0.39, 0.29) is 5.82 Å². The standard InChI is InChI=1S/C6H5FN.BrH.Zn/c1-5-2-6(7)4-8-3-5;;/h2,4H,1H3;1H;/q-1;;+2/p-1. The van der Waals surface area contributed by atoms with Crippen molar-refractivity contribution >= 4 is 13.6 Å². The summed E-state index contributed by atoms with van der Waals surface area (Å²) >= 11 is 4.25. The minimum absolute atomic E-state index is 0.304. The van der Waals surface area contributed by atoms with Gasteiger partial charge in [-0.25, -0.2) is 4.39 Å². The van der Waals surface area contributed by atoms with Crippen LogP contribution in [0.25, 0.3) is 0 Å². The van der Waals surface area contributed by atoms with Crippen molar-refractivity contribution in [2.24, 2.45) is 0 Å². The molecule has 0 N–H and O–H groups in total. The molecule has 0 amide bonds. The molecule has 0 aliphatic heterocycles. The average Bonchev–Trinajstić information content (AvgIpc) is 1.91. The fourth-order valence-electron chi connectivity index (χ4n) is 0.472. The van der Waals surface area contributed by atoms with Gasteiger partial charge in [0.15, 0.2) is 0 Å². The number of hydrogen-bond acceptors (Lipinski definition) is 1. The Bertz CT molecular complexity index is 178. The van der Waals surface area contributed by atoms with Crippen LogP contribution in [0, 0.1) is 18.9 Å². The monoisotopic (exact) mass is 253 g/mol. The first-order valence-electron chi connectivity index (χ1n) is 2.55. The molecule has 0 bridgehead atoms. The zero-order valence-electron chi connectivity index (χ0n) is 5.56. The molecule has 0 atom stereocenters. The second-order valence-electron chi connectivity index (χ2n) is 1.58. The number of aryl methyl sites for hydroxylation is 1. The Hall–Kier alpha value is 0.183. The van der Waals surface area contributed by atoms with Crippen LogP contribution in [0.2, 0.25) is 0 Å². The summed E-state index contributed by atoms with van der Waals surface area (Å²) in [5.41, 5.74) is 0.727. The topological polar surface area (TPSA) is 12.9 Å². The van der Waals surface area contributed by atoms with E-state index < -0.39 is 0 Å². The van der Waals surface area contributed by atoms with Crippen LogP contribution in [0.1, 0.15) is 5.56 Å². The van der Waals surface area contributed by atoms with Gasteiger partial charge in [0.05, 0.1) is 0 Å². The van der Waals surface area contributed by atoms with Crippen LogP contribution in [0.4, 0.5) is 4.39 Å². The molecule has 0 fully saturated rings. The summed E-state index contributed by atoms with van der Waals surface area (Å²) in [5.74, 6) is -0.304. The van der Waals surface area contributed by atoms with Gasteiger partial charge in [-0.3, -0.25) is 0 Å². The molecule has 0 aliphatic carbocycles. The molecule has 0 aromatic carbocycles. The second kappa shape index (κ2) is 5.93. The van der Waals surface area contributed by atoms with Crippen LogP contribution in [-0.4, -0.2) is 4.98 Å². The van der Waals surface area contributed by atoms with Crippen molar-refractivity contribution in [3.63, 3.8) is 0 Å². The number of halogens is 2. The summed E-state index contributed by atoms with van der Waals surface area (Å²) in [7, 11) is 0. The molecular formula is C6H5BrFNZn. The van der Waals surface area contributed by atoms with Crippen molar-refractivity contribution < 1.29 is 20.7 Å². The predicted molar refractivity (Wildman–Crippen MR) is 36.7 cm³/mol. The normalized spacial score (nSPS) is 8.10. The van der Waals surface area contributed by atoms with E-state index in [1.165, 1.54) is 22.4 Å². The molecule has 0 saturated heterocycles. The zero-order valence-corrected chi connectivity index (χ0v) is 10.1.